The summed E-state index contributed by atoms with van der Waals surface area (Å²) >= 11 is 0. The molecule has 1 aromatic carbocycles. The van der Waals surface area contributed by atoms with Crippen LogP contribution in [0.4, 0.5) is 0 Å². The molecule has 1 saturated heterocycles. The molecule has 0 aliphatic carbocycles. The number of amides is 2. The number of nitrogens with zero attached hydrogens (tertiary/aromatic N) is 2. The van der Waals surface area contributed by atoms with Gasteiger partial charge in [0.25, 0.3) is 5.91 Å². The number of aryl methyl sites for hydroxylation is 2. The molecule has 1 aromatic heterocycles. The Morgan fingerprint density at radius 2 is 1.70 bits per heavy atom. The lowest BCUT2D eigenvalue weighted by molar-refractivity contribution is -0.131. The number of fused-ring (bicyclic) bond motifs is 1. The monoisotopic (exact) mass is 369 g/mol. The molecule has 0 atom stereocenters. The van der Waals surface area contributed by atoms with E-state index in [1.165, 1.54) is 0 Å². The molecule has 7 heteroatoms. The molecule has 0 saturated carbocycles. The summed E-state index contributed by atoms with van der Waals surface area (Å²) in [6.45, 7) is 6.28. The van der Waals surface area contributed by atoms with Gasteiger partial charge < -0.3 is 24.3 Å². The van der Waals surface area contributed by atoms with Gasteiger partial charge in [-0.25, -0.2) is 0 Å². The lowest BCUT2D eigenvalue weighted by Crippen LogP contribution is -2.51. The Balaban J connectivity index is 1.34. The molecule has 1 fully saturated rings. The highest BCUT2D eigenvalue weighted by molar-refractivity contribution is 5.95. The van der Waals surface area contributed by atoms with Gasteiger partial charge in [-0.3, -0.25) is 9.59 Å². The maximum Gasteiger partial charge on any atom is 0.255 e. The molecule has 2 aromatic rings. The molecule has 0 bridgehead atoms. The summed E-state index contributed by atoms with van der Waals surface area (Å²) in [7, 11) is 0. The van der Waals surface area contributed by atoms with Crippen LogP contribution in [0.2, 0.25) is 0 Å². The Morgan fingerprint density at radius 3 is 2.41 bits per heavy atom. The molecule has 2 amide bonds. The number of aromatic amines is 1. The van der Waals surface area contributed by atoms with Gasteiger partial charge in [-0.05, 0) is 37.6 Å². The van der Waals surface area contributed by atoms with Crippen LogP contribution in [0.5, 0.6) is 11.5 Å². The lowest BCUT2D eigenvalue weighted by atomic mass is 10.1. The van der Waals surface area contributed by atoms with Crippen LogP contribution in [0.15, 0.2) is 24.3 Å². The molecular weight excluding hydrogens is 346 g/mol. The maximum atomic E-state index is 12.7. The third kappa shape index (κ3) is 3.49. The van der Waals surface area contributed by atoms with Crippen molar-refractivity contribution in [3.63, 3.8) is 0 Å². The number of benzene rings is 1. The first-order valence-electron chi connectivity index (χ1n) is 9.13. The SMILES string of the molecule is Cc1cc(C(=O)N2CCN(C(=O)Cc3ccc4c(c3)OCO4)CC2)c(C)[nH]1. The number of hydrogen-bond donors (Lipinski definition) is 1. The quantitative estimate of drug-likeness (QED) is 0.897. The molecule has 142 valence electrons. The summed E-state index contributed by atoms with van der Waals surface area (Å²) in [5, 5.41) is 0. The molecule has 7 nitrogen and oxygen atoms in total. The topological polar surface area (TPSA) is 74.9 Å². The molecule has 1 N–H and O–H groups in total. The van der Waals surface area contributed by atoms with Crippen molar-refractivity contribution in [3.8, 4) is 11.5 Å². The van der Waals surface area contributed by atoms with Gasteiger partial charge in [0.05, 0.1) is 12.0 Å². The standard InChI is InChI=1S/C20H23N3O4/c1-13-9-16(14(2)21-13)20(25)23-7-5-22(6-8-23)19(24)11-15-3-4-17-18(10-15)27-12-26-17/h3-4,9-10,21H,5-8,11-12H2,1-2H3. The van der Waals surface area contributed by atoms with Crippen molar-refractivity contribution < 1.29 is 19.1 Å². The third-order valence-electron chi connectivity index (χ3n) is 5.09. The average molecular weight is 369 g/mol. The van der Waals surface area contributed by atoms with Gasteiger partial charge in [0.2, 0.25) is 12.7 Å². The van der Waals surface area contributed by atoms with Crippen molar-refractivity contribution in [3.05, 3.63) is 46.8 Å². The number of rotatable bonds is 3. The van der Waals surface area contributed by atoms with Crippen LogP contribution in [0.1, 0.15) is 27.3 Å². The van der Waals surface area contributed by atoms with Crippen LogP contribution in [-0.2, 0) is 11.2 Å². The van der Waals surface area contributed by atoms with Gasteiger partial charge in [0.1, 0.15) is 0 Å². The number of ether oxygens (including phenoxy) is 2. The average Bonchev–Trinajstić information content (AvgIpc) is 3.26. The Kier molecular flexibility index (Phi) is 4.51. The lowest BCUT2D eigenvalue weighted by Gasteiger charge is -2.35. The van der Waals surface area contributed by atoms with Crippen molar-refractivity contribution in [2.24, 2.45) is 0 Å². The first-order valence-corrected chi connectivity index (χ1v) is 9.13. The van der Waals surface area contributed by atoms with Crippen molar-refractivity contribution in [1.82, 2.24) is 14.8 Å². The van der Waals surface area contributed by atoms with Gasteiger partial charge in [-0.15, -0.1) is 0 Å². The zero-order chi connectivity index (χ0) is 19.0. The van der Waals surface area contributed by atoms with E-state index in [0.717, 1.165) is 17.0 Å². The van der Waals surface area contributed by atoms with E-state index in [4.69, 9.17) is 9.47 Å². The second kappa shape index (κ2) is 6.98. The minimum Gasteiger partial charge on any atom is -0.454 e. The van der Waals surface area contributed by atoms with E-state index in [9.17, 15) is 9.59 Å². The van der Waals surface area contributed by atoms with Crippen LogP contribution in [0.3, 0.4) is 0 Å². The van der Waals surface area contributed by atoms with E-state index in [-0.39, 0.29) is 18.6 Å². The predicted molar refractivity (Wildman–Crippen MR) is 99.0 cm³/mol. The Morgan fingerprint density at radius 1 is 1.00 bits per heavy atom. The van der Waals surface area contributed by atoms with Crippen molar-refractivity contribution in [1.29, 1.82) is 0 Å². The highest BCUT2D eigenvalue weighted by Crippen LogP contribution is 2.32. The number of carbonyl (C=O) groups is 2. The first kappa shape index (κ1) is 17.5. The van der Waals surface area contributed by atoms with Gasteiger partial charge in [0.15, 0.2) is 11.5 Å². The molecule has 0 spiro atoms. The van der Waals surface area contributed by atoms with E-state index < -0.39 is 0 Å². The smallest absolute Gasteiger partial charge is 0.255 e. The number of H-pyrrole nitrogens is 1. The summed E-state index contributed by atoms with van der Waals surface area (Å²) in [6.07, 6.45) is 0.320. The Hall–Kier alpha value is -2.96. The predicted octanol–water partition coefficient (Wildman–Crippen LogP) is 1.89. The zero-order valence-corrected chi connectivity index (χ0v) is 15.6. The highest BCUT2D eigenvalue weighted by Gasteiger charge is 2.26. The molecule has 4 rings (SSSR count). The van der Waals surface area contributed by atoms with Crippen LogP contribution in [-0.4, -0.2) is 59.6 Å². The molecule has 0 unspecified atom stereocenters. The van der Waals surface area contributed by atoms with E-state index in [1.807, 2.05) is 47.9 Å². The van der Waals surface area contributed by atoms with Crippen molar-refractivity contribution >= 4 is 11.8 Å². The number of nitrogens with one attached hydrogen (secondary N) is 1. The first-order chi connectivity index (χ1) is 13.0. The minimum absolute atomic E-state index is 0.0275. The highest BCUT2D eigenvalue weighted by atomic mass is 16.7. The molecule has 2 aliphatic heterocycles. The van der Waals surface area contributed by atoms with E-state index >= 15 is 0 Å². The second-order valence-electron chi connectivity index (χ2n) is 7.03. The summed E-state index contributed by atoms with van der Waals surface area (Å²) in [4.78, 5) is 32.1. The maximum absolute atomic E-state index is 12.7. The second-order valence-corrected chi connectivity index (χ2v) is 7.03. The largest absolute Gasteiger partial charge is 0.454 e. The molecule has 3 heterocycles. The van der Waals surface area contributed by atoms with Crippen LogP contribution < -0.4 is 9.47 Å². The van der Waals surface area contributed by atoms with Crippen LogP contribution >= 0.6 is 0 Å². The number of aromatic nitrogens is 1. The van der Waals surface area contributed by atoms with Gasteiger partial charge in [-0.2, -0.15) is 0 Å². The normalized spacial score (nSPS) is 15.9. The van der Waals surface area contributed by atoms with Crippen molar-refractivity contribution in [2.45, 2.75) is 20.3 Å². The Bertz CT molecular complexity index is 881. The summed E-state index contributed by atoms with van der Waals surface area (Å²) in [6, 6.07) is 7.47. The Labute approximate surface area is 157 Å². The zero-order valence-electron chi connectivity index (χ0n) is 15.6. The molecule has 2 aliphatic rings. The summed E-state index contributed by atoms with van der Waals surface area (Å²) in [5.74, 6) is 1.50. The van der Waals surface area contributed by atoms with Gasteiger partial charge >= 0.3 is 0 Å². The molecule has 0 radical (unpaired) electrons. The minimum atomic E-state index is 0.0275. The fourth-order valence-electron chi connectivity index (χ4n) is 3.61. The summed E-state index contributed by atoms with van der Waals surface area (Å²) in [5.41, 5.74) is 3.49. The van der Waals surface area contributed by atoms with Gasteiger partial charge in [-0.1, -0.05) is 6.07 Å². The molecule has 27 heavy (non-hydrogen) atoms. The van der Waals surface area contributed by atoms with Crippen molar-refractivity contribution in [2.75, 3.05) is 33.0 Å². The summed E-state index contributed by atoms with van der Waals surface area (Å²) < 4.78 is 10.7. The van der Waals surface area contributed by atoms with E-state index in [1.54, 1.807) is 0 Å². The van der Waals surface area contributed by atoms with Gasteiger partial charge in [0, 0.05) is 37.6 Å². The fourth-order valence-corrected chi connectivity index (χ4v) is 3.61. The van der Waals surface area contributed by atoms with E-state index in [0.29, 0.717) is 49.7 Å². The van der Waals surface area contributed by atoms with Crippen LogP contribution in [0.25, 0.3) is 0 Å². The van der Waals surface area contributed by atoms with E-state index in [2.05, 4.69) is 4.98 Å². The van der Waals surface area contributed by atoms with Crippen LogP contribution in [0, 0.1) is 13.8 Å². The number of carbonyl (C=O) groups excluding carboxylic acids is 2. The number of hydrogen-bond acceptors (Lipinski definition) is 4. The molecular formula is C20H23N3O4. The third-order valence-corrected chi connectivity index (χ3v) is 5.09. The fraction of sp³-hybridized carbons (Fsp3) is 0.400. The number of piperazine rings is 1.